The van der Waals surface area contributed by atoms with E-state index in [0.29, 0.717) is 12.6 Å². The molecule has 0 amide bonds. The van der Waals surface area contributed by atoms with Crippen LogP contribution < -0.4 is 5.32 Å². The normalized spacial score (nSPS) is 21.1. The third kappa shape index (κ3) is 4.70. The van der Waals surface area contributed by atoms with Crippen molar-refractivity contribution in [2.75, 3.05) is 26.7 Å². The highest BCUT2D eigenvalue weighted by atomic mass is 16.5. The average molecular weight is 320 g/mol. The summed E-state index contributed by atoms with van der Waals surface area (Å²) in [5.41, 5.74) is 0.890. The number of hydrogen-bond donors (Lipinski definition) is 1. The molecule has 0 bridgehead atoms. The first kappa shape index (κ1) is 16.3. The fraction of sp³-hybridized carbons (Fsp3) is 0.765. The lowest BCUT2D eigenvalue weighted by atomic mass is 10.1. The lowest BCUT2D eigenvalue weighted by Crippen LogP contribution is -2.46. The van der Waals surface area contributed by atoms with Crippen molar-refractivity contribution in [1.29, 1.82) is 0 Å². The van der Waals surface area contributed by atoms with E-state index in [-0.39, 0.29) is 0 Å². The maximum Gasteiger partial charge on any atom is 0.193 e. The van der Waals surface area contributed by atoms with E-state index in [1.165, 1.54) is 25.7 Å². The van der Waals surface area contributed by atoms with E-state index in [1.807, 2.05) is 13.1 Å². The largest absolute Gasteiger partial charge is 0.378 e. The van der Waals surface area contributed by atoms with E-state index in [0.717, 1.165) is 50.1 Å². The fourth-order valence-electron chi connectivity index (χ4n) is 3.51. The van der Waals surface area contributed by atoms with Crippen molar-refractivity contribution < 1.29 is 9.26 Å². The molecule has 1 aliphatic heterocycles. The van der Waals surface area contributed by atoms with Crippen LogP contribution in [0.3, 0.4) is 0 Å². The number of hydrogen-bond acceptors (Lipinski definition) is 4. The van der Waals surface area contributed by atoms with Crippen LogP contribution in [-0.4, -0.2) is 48.9 Å². The fourth-order valence-corrected chi connectivity index (χ4v) is 3.51. The molecule has 3 rings (SSSR count). The molecular formula is C17H28N4O2. The number of aliphatic imine (C=N–C) groups is 1. The van der Waals surface area contributed by atoms with Gasteiger partial charge in [0.2, 0.25) is 0 Å². The SMILES string of the molecule is CN=C(NCc1ccon1)N1CCC(OCC2CCCC2)CC1. The van der Waals surface area contributed by atoms with Crippen LogP contribution in [0, 0.1) is 5.92 Å². The Balaban J connectivity index is 1.38. The van der Waals surface area contributed by atoms with Gasteiger partial charge in [-0.2, -0.15) is 0 Å². The molecule has 0 aromatic carbocycles. The molecule has 1 aromatic heterocycles. The van der Waals surface area contributed by atoms with Gasteiger partial charge in [0, 0.05) is 32.8 Å². The predicted octanol–water partition coefficient (Wildman–Crippen LogP) is 2.42. The molecule has 1 saturated heterocycles. The Morgan fingerprint density at radius 2 is 2.13 bits per heavy atom. The van der Waals surface area contributed by atoms with Gasteiger partial charge in [-0.25, -0.2) is 0 Å². The van der Waals surface area contributed by atoms with Crippen LogP contribution in [0.2, 0.25) is 0 Å². The summed E-state index contributed by atoms with van der Waals surface area (Å²) in [6.07, 6.45) is 9.66. The van der Waals surface area contributed by atoms with Crippen LogP contribution in [0.25, 0.3) is 0 Å². The molecular weight excluding hydrogens is 292 g/mol. The molecule has 0 atom stereocenters. The molecule has 128 valence electrons. The van der Waals surface area contributed by atoms with Gasteiger partial charge >= 0.3 is 0 Å². The number of piperidine rings is 1. The molecule has 2 heterocycles. The van der Waals surface area contributed by atoms with Crippen LogP contribution in [-0.2, 0) is 11.3 Å². The first-order valence-electron chi connectivity index (χ1n) is 8.81. The van der Waals surface area contributed by atoms with Gasteiger partial charge in [0.15, 0.2) is 5.96 Å². The second-order valence-corrected chi connectivity index (χ2v) is 6.56. The molecule has 0 unspecified atom stereocenters. The van der Waals surface area contributed by atoms with Crippen molar-refractivity contribution in [3.63, 3.8) is 0 Å². The molecule has 2 aliphatic rings. The Kier molecular flexibility index (Phi) is 5.91. The third-order valence-corrected chi connectivity index (χ3v) is 4.91. The van der Waals surface area contributed by atoms with E-state index in [2.05, 4.69) is 20.4 Å². The lowest BCUT2D eigenvalue weighted by Gasteiger charge is -2.34. The number of guanidine groups is 1. The minimum Gasteiger partial charge on any atom is -0.378 e. The number of rotatable bonds is 5. The van der Waals surface area contributed by atoms with Crippen molar-refractivity contribution in [2.24, 2.45) is 10.9 Å². The van der Waals surface area contributed by atoms with Crippen LogP contribution in [0.1, 0.15) is 44.2 Å². The van der Waals surface area contributed by atoms with Gasteiger partial charge in [0.1, 0.15) is 12.0 Å². The van der Waals surface area contributed by atoms with Gasteiger partial charge in [-0.05, 0) is 31.6 Å². The number of ether oxygens (including phenoxy) is 1. The molecule has 23 heavy (non-hydrogen) atoms. The smallest absolute Gasteiger partial charge is 0.193 e. The van der Waals surface area contributed by atoms with Crippen molar-refractivity contribution in [3.8, 4) is 0 Å². The second kappa shape index (κ2) is 8.34. The summed E-state index contributed by atoms with van der Waals surface area (Å²) < 4.78 is 11.0. The number of likely N-dealkylation sites (tertiary alicyclic amines) is 1. The molecule has 0 spiro atoms. The maximum atomic E-state index is 6.14. The Morgan fingerprint density at radius 1 is 1.35 bits per heavy atom. The van der Waals surface area contributed by atoms with Gasteiger partial charge in [-0.3, -0.25) is 4.99 Å². The maximum absolute atomic E-state index is 6.14. The summed E-state index contributed by atoms with van der Waals surface area (Å²) in [5, 5.41) is 7.26. The number of aromatic nitrogens is 1. The molecule has 1 aromatic rings. The summed E-state index contributed by atoms with van der Waals surface area (Å²) >= 11 is 0. The minimum absolute atomic E-state index is 0.417. The standard InChI is InChI=1S/C17H28N4O2/c1-18-17(19-12-15-8-11-23-20-15)21-9-6-16(7-10-21)22-13-14-4-2-3-5-14/h8,11,14,16H,2-7,9-10,12-13H2,1H3,(H,18,19). The molecule has 1 N–H and O–H groups in total. The Labute approximate surface area is 138 Å². The zero-order valence-electron chi connectivity index (χ0n) is 14.0. The monoisotopic (exact) mass is 320 g/mol. The van der Waals surface area contributed by atoms with Gasteiger partial charge in [-0.1, -0.05) is 18.0 Å². The summed E-state index contributed by atoms with van der Waals surface area (Å²) in [6.45, 7) is 3.59. The summed E-state index contributed by atoms with van der Waals surface area (Å²) in [6, 6.07) is 1.86. The zero-order valence-corrected chi connectivity index (χ0v) is 14.0. The quantitative estimate of drug-likeness (QED) is 0.667. The predicted molar refractivity (Wildman–Crippen MR) is 89.2 cm³/mol. The highest BCUT2D eigenvalue weighted by molar-refractivity contribution is 5.79. The van der Waals surface area contributed by atoms with E-state index in [4.69, 9.17) is 9.26 Å². The van der Waals surface area contributed by atoms with Crippen LogP contribution in [0.5, 0.6) is 0 Å². The molecule has 6 heteroatoms. The first-order valence-corrected chi connectivity index (χ1v) is 8.81. The van der Waals surface area contributed by atoms with Crippen molar-refractivity contribution in [2.45, 2.75) is 51.2 Å². The topological polar surface area (TPSA) is 62.9 Å². The van der Waals surface area contributed by atoms with Crippen LogP contribution in [0.15, 0.2) is 21.8 Å². The highest BCUT2D eigenvalue weighted by Gasteiger charge is 2.23. The lowest BCUT2D eigenvalue weighted by molar-refractivity contribution is 0.00100. The van der Waals surface area contributed by atoms with E-state index in [9.17, 15) is 0 Å². The van der Waals surface area contributed by atoms with Gasteiger partial charge in [0.05, 0.1) is 12.6 Å². The summed E-state index contributed by atoms with van der Waals surface area (Å²) in [4.78, 5) is 6.68. The van der Waals surface area contributed by atoms with E-state index in [1.54, 1.807) is 6.26 Å². The number of nitrogens with zero attached hydrogens (tertiary/aromatic N) is 3. The minimum atomic E-state index is 0.417. The summed E-state index contributed by atoms with van der Waals surface area (Å²) in [5.74, 6) is 1.74. The molecule has 0 radical (unpaired) electrons. The first-order chi connectivity index (χ1) is 11.3. The van der Waals surface area contributed by atoms with E-state index >= 15 is 0 Å². The molecule has 2 fully saturated rings. The Morgan fingerprint density at radius 3 is 2.78 bits per heavy atom. The zero-order chi connectivity index (χ0) is 15.9. The van der Waals surface area contributed by atoms with Crippen molar-refractivity contribution >= 4 is 5.96 Å². The van der Waals surface area contributed by atoms with Crippen LogP contribution >= 0.6 is 0 Å². The van der Waals surface area contributed by atoms with E-state index < -0.39 is 0 Å². The Hall–Kier alpha value is -1.56. The molecule has 1 aliphatic carbocycles. The third-order valence-electron chi connectivity index (χ3n) is 4.91. The average Bonchev–Trinajstić information content (AvgIpc) is 3.28. The van der Waals surface area contributed by atoms with Crippen molar-refractivity contribution in [1.82, 2.24) is 15.4 Å². The van der Waals surface area contributed by atoms with Gasteiger partial charge in [-0.15, -0.1) is 0 Å². The Bertz CT molecular complexity index is 475. The molecule has 1 saturated carbocycles. The summed E-state index contributed by atoms with van der Waals surface area (Å²) in [7, 11) is 1.83. The van der Waals surface area contributed by atoms with Gasteiger partial charge < -0.3 is 19.5 Å². The molecule has 6 nitrogen and oxygen atoms in total. The second-order valence-electron chi connectivity index (χ2n) is 6.56. The van der Waals surface area contributed by atoms with Crippen LogP contribution in [0.4, 0.5) is 0 Å². The van der Waals surface area contributed by atoms with Gasteiger partial charge in [0.25, 0.3) is 0 Å². The number of nitrogens with one attached hydrogen (secondary N) is 1. The van der Waals surface area contributed by atoms with Crippen molar-refractivity contribution in [3.05, 3.63) is 18.0 Å². The highest BCUT2D eigenvalue weighted by Crippen LogP contribution is 2.26.